The highest BCUT2D eigenvalue weighted by Crippen LogP contribution is 2.33. The second-order valence-corrected chi connectivity index (χ2v) is 10.9. The van der Waals surface area contributed by atoms with Crippen molar-refractivity contribution in [3.8, 4) is 17.2 Å². The van der Waals surface area contributed by atoms with Gasteiger partial charge in [-0.25, -0.2) is 0 Å². The Labute approximate surface area is 240 Å². The first-order valence-corrected chi connectivity index (χ1v) is 13.9. The Morgan fingerprint density at radius 1 is 1.05 bits per heavy atom. The molecule has 2 aliphatic rings. The number of amides is 2. The second kappa shape index (κ2) is 12.6. The Morgan fingerprint density at radius 2 is 1.80 bits per heavy atom. The van der Waals surface area contributed by atoms with Crippen LogP contribution in [-0.4, -0.2) is 72.4 Å². The van der Waals surface area contributed by atoms with Crippen molar-refractivity contribution in [2.24, 2.45) is 5.92 Å². The van der Waals surface area contributed by atoms with Crippen molar-refractivity contribution >= 4 is 17.5 Å². The van der Waals surface area contributed by atoms with E-state index in [2.05, 4.69) is 17.1 Å². The molecule has 9 nitrogen and oxygen atoms in total. The van der Waals surface area contributed by atoms with Gasteiger partial charge in [0, 0.05) is 31.2 Å². The van der Waals surface area contributed by atoms with Crippen LogP contribution < -0.4 is 19.5 Å². The van der Waals surface area contributed by atoms with Crippen molar-refractivity contribution in [2.75, 3.05) is 38.9 Å². The summed E-state index contributed by atoms with van der Waals surface area (Å²) in [6.45, 7) is 5.69. The van der Waals surface area contributed by atoms with Crippen LogP contribution in [0.5, 0.6) is 17.2 Å². The molecule has 0 saturated heterocycles. The molecular weight excluding hydrogens is 522 g/mol. The molecule has 2 aliphatic heterocycles. The molecule has 3 aromatic carbocycles. The van der Waals surface area contributed by atoms with E-state index in [-0.39, 0.29) is 49.7 Å². The fraction of sp³-hybridized carbons (Fsp3) is 0.375. The smallest absolute Gasteiger partial charge is 0.258 e. The highest BCUT2D eigenvalue weighted by Gasteiger charge is 2.33. The zero-order valence-electron chi connectivity index (χ0n) is 23.7. The molecule has 2 amide bonds. The standard InChI is InChI=1S/C32H37N3O6/c1-21-16-35(22(2)19-36)32(38)26-15-25(33-31(37)14-23-7-5-4-6-8-23)10-12-27(26)41-30(21)18-34(3)17-24-9-11-28-29(13-24)40-20-39-28/h4-13,15,21-22,30,36H,14,16-20H2,1-3H3,(H,33,37)/t21-,22-,30-/m1/s1. The number of aliphatic hydroxyl groups excluding tert-OH is 1. The maximum absolute atomic E-state index is 13.7. The number of ether oxygens (including phenoxy) is 3. The fourth-order valence-electron chi connectivity index (χ4n) is 5.23. The summed E-state index contributed by atoms with van der Waals surface area (Å²) in [5.74, 6) is 1.54. The van der Waals surface area contributed by atoms with Gasteiger partial charge in [0.05, 0.1) is 24.6 Å². The van der Waals surface area contributed by atoms with Gasteiger partial charge in [0.2, 0.25) is 12.7 Å². The number of hydrogen-bond acceptors (Lipinski definition) is 7. The van der Waals surface area contributed by atoms with Gasteiger partial charge in [-0.1, -0.05) is 43.3 Å². The van der Waals surface area contributed by atoms with Gasteiger partial charge in [0.1, 0.15) is 11.9 Å². The quantitative estimate of drug-likeness (QED) is 0.410. The molecule has 9 heteroatoms. The Morgan fingerprint density at radius 3 is 2.59 bits per heavy atom. The van der Waals surface area contributed by atoms with Gasteiger partial charge in [0.15, 0.2) is 11.5 Å². The van der Waals surface area contributed by atoms with Crippen molar-refractivity contribution in [2.45, 2.75) is 39.0 Å². The number of nitrogens with zero attached hydrogens (tertiary/aromatic N) is 2. The normalized spacial score (nSPS) is 18.8. The molecule has 0 fully saturated rings. The predicted molar refractivity (Wildman–Crippen MR) is 155 cm³/mol. The van der Waals surface area contributed by atoms with Crippen molar-refractivity contribution in [1.82, 2.24) is 9.80 Å². The molecule has 2 N–H and O–H groups in total. The molecule has 0 saturated carbocycles. The minimum absolute atomic E-state index is 0.00874. The van der Waals surface area contributed by atoms with E-state index < -0.39 is 0 Å². The highest BCUT2D eigenvalue weighted by molar-refractivity contribution is 6.00. The lowest BCUT2D eigenvalue weighted by molar-refractivity contribution is -0.115. The van der Waals surface area contributed by atoms with Crippen LogP contribution in [0.1, 0.15) is 35.3 Å². The molecule has 0 unspecified atom stereocenters. The van der Waals surface area contributed by atoms with E-state index in [4.69, 9.17) is 14.2 Å². The molecule has 41 heavy (non-hydrogen) atoms. The van der Waals surface area contributed by atoms with Crippen LogP contribution in [0, 0.1) is 5.92 Å². The van der Waals surface area contributed by atoms with E-state index in [1.54, 1.807) is 23.1 Å². The van der Waals surface area contributed by atoms with E-state index in [0.717, 1.165) is 22.6 Å². The summed E-state index contributed by atoms with van der Waals surface area (Å²) in [6.07, 6.45) is -0.00140. The zero-order chi connectivity index (χ0) is 28.9. The number of carbonyl (C=O) groups excluding carboxylic acids is 2. The van der Waals surface area contributed by atoms with Crippen molar-refractivity contribution in [3.05, 3.63) is 83.4 Å². The number of nitrogens with one attached hydrogen (secondary N) is 1. The largest absolute Gasteiger partial charge is 0.488 e. The van der Waals surface area contributed by atoms with E-state index >= 15 is 0 Å². The van der Waals surface area contributed by atoms with Gasteiger partial charge in [-0.05, 0) is 55.4 Å². The van der Waals surface area contributed by atoms with Crippen LogP contribution in [0.2, 0.25) is 0 Å². The number of aliphatic hydroxyl groups is 1. The Balaban J connectivity index is 1.35. The third-order valence-electron chi connectivity index (χ3n) is 7.54. The third-order valence-corrected chi connectivity index (χ3v) is 7.54. The molecule has 0 spiro atoms. The summed E-state index contributed by atoms with van der Waals surface area (Å²) in [7, 11) is 2.03. The molecule has 3 atom stereocenters. The van der Waals surface area contributed by atoms with Crippen LogP contribution in [0.15, 0.2) is 66.7 Å². The first-order valence-electron chi connectivity index (χ1n) is 13.9. The van der Waals surface area contributed by atoms with Gasteiger partial charge in [-0.2, -0.15) is 0 Å². The summed E-state index contributed by atoms with van der Waals surface area (Å²) in [6, 6.07) is 20.2. The second-order valence-electron chi connectivity index (χ2n) is 10.9. The van der Waals surface area contributed by atoms with Crippen LogP contribution in [0.3, 0.4) is 0 Å². The van der Waals surface area contributed by atoms with E-state index in [1.165, 1.54) is 0 Å². The van der Waals surface area contributed by atoms with Crippen LogP contribution in [-0.2, 0) is 17.8 Å². The average Bonchev–Trinajstić information content (AvgIpc) is 3.43. The van der Waals surface area contributed by atoms with Crippen molar-refractivity contribution in [3.63, 3.8) is 0 Å². The number of carbonyl (C=O) groups is 2. The molecule has 0 aromatic heterocycles. The van der Waals surface area contributed by atoms with E-state index in [0.29, 0.717) is 36.6 Å². The number of hydrogen-bond donors (Lipinski definition) is 2. The number of fused-ring (bicyclic) bond motifs is 2. The molecular formula is C32H37N3O6. The number of benzene rings is 3. The predicted octanol–water partition coefficient (Wildman–Crippen LogP) is 3.95. The molecule has 0 bridgehead atoms. The first kappa shape index (κ1) is 28.4. The number of rotatable bonds is 9. The Bertz CT molecular complexity index is 1380. The maximum Gasteiger partial charge on any atom is 0.258 e. The van der Waals surface area contributed by atoms with Crippen molar-refractivity contribution in [1.29, 1.82) is 0 Å². The Kier molecular flexibility index (Phi) is 8.75. The van der Waals surface area contributed by atoms with Crippen molar-refractivity contribution < 1.29 is 28.9 Å². The van der Waals surface area contributed by atoms with Gasteiger partial charge < -0.3 is 29.5 Å². The zero-order valence-corrected chi connectivity index (χ0v) is 23.7. The summed E-state index contributed by atoms with van der Waals surface area (Å²) in [5, 5.41) is 12.9. The van der Waals surface area contributed by atoms with Gasteiger partial charge >= 0.3 is 0 Å². The minimum atomic E-state index is -0.376. The minimum Gasteiger partial charge on any atom is -0.488 e. The van der Waals surface area contributed by atoms with Crippen LogP contribution in [0.4, 0.5) is 5.69 Å². The van der Waals surface area contributed by atoms with E-state index in [1.807, 2.05) is 62.5 Å². The fourth-order valence-corrected chi connectivity index (χ4v) is 5.23. The topological polar surface area (TPSA) is 101 Å². The monoisotopic (exact) mass is 559 g/mol. The molecule has 0 aliphatic carbocycles. The summed E-state index contributed by atoms with van der Waals surface area (Å²) >= 11 is 0. The molecule has 216 valence electrons. The summed E-state index contributed by atoms with van der Waals surface area (Å²) < 4.78 is 17.5. The van der Waals surface area contributed by atoms with Crippen LogP contribution >= 0.6 is 0 Å². The van der Waals surface area contributed by atoms with Gasteiger partial charge in [-0.3, -0.25) is 14.5 Å². The highest BCUT2D eigenvalue weighted by atomic mass is 16.7. The lowest BCUT2D eigenvalue weighted by Gasteiger charge is -2.38. The first-order chi connectivity index (χ1) is 19.8. The summed E-state index contributed by atoms with van der Waals surface area (Å²) in [5.41, 5.74) is 2.87. The lowest BCUT2D eigenvalue weighted by atomic mass is 9.99. The lowest BCUT2D eigenvalue weighted by Crippen LogP contribution is -2.49. The van der Waals surface area contributed by atoms with Crippen LogP contribution in [0.25, 0.3) is 0 Å². The van der Waals surface area contributed by atoms with E-state index in [9.17, 15) is 14.7 Å². The molecule has 2 heterocycles. The third kappa shape index (κ3) is 6.81. The Hall–Kier alpha value is -4.08. The number of likely N-dealkylation sites (N-methyl/N-ethyl adjacent to an activating group) is 1. The van der Waals surface area contributed by atoms with Gasteiger partial charge in [-0.15, -0.1) is 0 Å². The SMILES string of the molecule is C[C@@H]1CN([C@H](C)CO)C(=O)c2cc(NC(=O)Cc3ccccc3)ccc2O[C@@H]1CN(C)Cc1ccc2c(c1)OCO2. The van der Waals surface area contributed by atoms with Gasteiger partial charge in [0.25, 0.3) is 5.91 Å². The molecule has 0 radical (unpaired) electrons. The summed E-state index contributed by atoms with van der Waals surface area (Å²) in [4.78, 5) is 30.3. The molecule has 5 rings (SSSR count). The molecule has 3 aromatic rings. The maximum atomic E-state index is 13.7. The number of anilines is 1. The average molecular weight is 560 g/mol.